The maximum Gasteiger partial charge on any atom is 0.203 e. The Morgan fingerprint density at radius 3 is 1.40 bits per heavy atom. The second-order valence-corrected chi connectivity index (χ2v) is 15.5. The molecule has 7 rings (SSSR count). The van der Waals surface area contributed by atoms with Crippen LogP contribution in [0.15, 0.2) is 45.3 Å². The van der Waals surface area contributed by atoms with Gasteiger partial charge in [0.25, 0.3) is 0 Å². The van der Waals surface area contributed by atoms with Crippen molar-refractivity contribution in [3.05, 3.63) is 119 Å². The van der Waals surface area contributed by atoms with Crippen molar-refractivity contribution in [2.75, 3.05) is 0 Å². The normalized spacial score (nSPS) is 15.6. The highest BCUT2D eigenvalue weighted by Gasteiger charge is 2.50. The molecule has 1 aliphatic heterocycles. The molecule has 3 nitrogen and oxygen atoms in total. The first-order chi connectivity index (χ1) is 21.1. The molecule has 4 aromatic carbocycles. The molecule has 0 radical (unpaired) electrons. The Balaban J connectivity index is 1.92. The first-order valence-corrected chi connectivity index (χ1v) is 17.4. The molecule has 45 heavy (non-hydrogen) atoms. The van der Waals surface area contributed by atoms with Crippen LogP contribution in [0.3, 0.4) is 0 Å². The molecule has 230 valence electrons. The maximum absolute atomic E-state index is 14.1. The lowest BCUT2D eigenvalue weighted by atomic mass is 9.62. The molecule has 0 saturated heterocycles. The number of allylic oxidation sites excluding steroid dienone is 1. The second-order valence-electron chi connectivity index (χ2n) is 13.7. The lowest BCUT2D eigenvalue weighted by Gasteiger charge is -2.41. The minimum absolute atomic E-state index is 0.279. The molecule has 0 atom stereocenters. The van der Waals surface area contributed by atoms with Crippen molar-refractivity contribution >= 4 is 20.8 Å². The van der Waals surface area contributed by atoms with E-state index in [-0.39, 0.29) is 4.90 Å². The van der Waals surface area contributed by atoms with E-state index < -0.39 is 15.3 Å². The third kappa shape index (κ3) is 3.44. The smallest absolute Gasteiger partial charge is 0.203 e. The van der Waals surface area contributed by atoms with Gasteiger partial charge in [-0.2, -0.15) is 0 Å². The molecular weight excluding hydrogens is 573 g/mol. The van der Waals surface area contributed by atoms with Gasteiger partial charge < -0.3 is 4.42 Å². The summed E-state index contributed by atoms with van der Waals surface area (Å²) in [6.07, 6.45) is 3.61. The molecule has 2 aliphatic rings. The van der Waals surface area contributed by atoms with E-state index in [0.29, 0.717) is 5.58 Å². The molecule has 2 heterocycles. The molecule has 0 unspecified atom stereocenters. The molecule has 1 spiro atoms. The Morgan fingerprint density at radius 1 is 0.511 bits per heavy atom. The van der Waals surface area contributed by atoms with Crippen LogP contribution in [0.4, 0.5) is 0 Å². The molecule has 4 heteroatoms. The number of fused-ring (bicyclic) bond motifs is 11. The largest absolute Gasteiger partial charge is 0.463 e. The molecule has 1 aromatic heterocycles. The molecule has 0 N–H and O–H groups in total. The summed E-state index contributed by atoms with van der Waals surface area (Å²) in [7, 11) is -3.78. The number of hydrogen-bond donors (Lipinski definition) is 0. The van der Waals surface area contributed by atoms with Crippen LogP contribution in [0.2, 0.25) is 0 Å². The first-order valence-electron chi connectivity index (χ1n) is 15.9. The van der Waals surface area contributed by atoms with Crippen LogP contribution >= 0.6 is 0 Å². The zero-order valence-electron chi connectivity index (χ0n) is 28.6. The number of benzene rings is 4. The van der Waals surface area contributed by atoms with Crippen LogP contribution < -0.4 is 0 Å². The lowest BCUT2D eigenvalue weighted by Crippen LogP contribution is -2.35. The Kier molecular flexibility index (Phi) is 6.18. The van der Waals surface area contributed by atoms with Crippen molar-refractivity contribution in [1.82, 2.24) is 0 Å². The molecular formula is C41H42O3S. The zero-order chi connectivity index (χ0) is 32.7. The van der Waals surface area contributed by atoms with Crippen LogP contribution in [0, 0.1) is 83.1 Å². The zero-order valence-corrected chi connectivity index (χ0v) is 29.4. The molecule has 0 saturated carbocycles. The van der Waals surface area contributed by atoms with Crippen LogP contribution in [0.25, 0.3) is 33.2 Å². The van der Waals surface area contributed by atoms with Crippen molar-refractivity contribution in [1.29, 1.82) is 0 Å². The van der Waals surface area contributed by atoms with Gasteiger partial charge in [-0.05, 0) is 195 Å². The Hall–Kier alpha value is -3.89. The van der Waals surface area contributed by atoms with E-state index in [1.165, 1.54) is 106 Å². The molecule has 0 bridgehead atoms. The Bertz CT molecular complexity index is 2240. The van der Waals surface area contributed by atoms with Crippen LogP contribution in [-0.4, -0.2) is 8.42 Å². The van der Waals surface area contributed by atoms with Gasteiger partial charge in [-0.1, -0.05) is 18.2 Å². The fourth-order valence-electron chi connectivity index (χ4n) is 8.68. The Labute approximate surface area is 267 Å². The average molecular weight is 615 g/mol. The maximum atomic E-state index is 14.1. The van der Waals surface area contributed by atoms with Gasteiger partial charge in [-0.15, -0.1) is 0 Å². The van der Waals surface area contributed by atoms with E-state index in [4.69, 9.17) is 4.42 Å². The first kappa shape index (κ1) is 29.8. The summed E-state index contributed by atoms with van der Waals surface area (Å²) >= 11 is 0. The van der Waals surface area contributed by atoms with Gasteiger partial charge in [0.1, 0.15) is 4.90 Å². The van der Waals surface area contributed by atoms with Gasteiger partial charge in [0, 0.05) is 10.8 Å². The number of hydrogen-bond acceptors (Lipinski definition) is 3. The minimum Gasteiger partial charge on any atom is -0.463 e. The van der Waals surface area contributed by atoms with E-state index in [1.807, 2.05) is 18.2 Å². The van der Waals surface area contributed by atoms with Gasteiger partial charge in [0.2, 0.25) is 9.84 Å². The number of rotatable bonds is 0. The highest BCUT2D eigenvalue weighted by molar-refractivity contribution is 7.94. The lowest BCUT2D eigenvalue weighted by molar-refractivity contribution is 0.581. The summed E-state index contributed by atoms with van der Waals surface area (Å²) in [6.45, 7) is 26.9. The van der Waals surface area contributed by atoms with E-state index >= 15 is 0 Å². The van der Waals surface area contributed by atoms with E-state index in [2.05, 4.69) is 89.2 Å². The van der Waals surface area contributed by atoms with E-state index in [1.54, 1.807) is 6.26 Å². The summed E-state index contributed by atoms with van der Waals surface area (Å²) < 4.78 is 34.3. The van der Waals surface area contributed by atoms with E-state index in [0.717, 1.165) is 10.9 Å². The summed E-state index contributed by atoms with van der Waals surface area (Å²) in [5, 5.41) is 2.25. The van der Waals surface area contributed by atoms with Crippen molar-refractivity contribution in [3.63, 3.8) is 0 Å². The van der Waals surface area contributed by atoms with Gasteiger partial charge in [0.05, 0.1) is 11.7 Å². The van der Waals surface area contributed by atoms with Crippen LogP contribution in [0.5, 0.6) is 0 Å². The third-order valence-corrected chi connectivity index (χ3v) is 13.6. The molecule has 5 aromatic rings. The van der Waals surface area contributed by atoms with Gasteiger partial charge in [0.15, 0.2) is 5.58 Å². The van der Waals surface area contributed by atoms with E-state index in [9.17, 15) is 8.42 Å². The standard InChI is InChI=1S/C41H42O3S/c1-19-20(2)26(8)34-33(25(19)7)35-27(9)21(3)23(5)29(11)37(35)41(38-30(12)24(6)22(4)28(10)36(34)38)16-18-45(42,43)40-32(41)14-13-31-15-17-44-39(31)40/h13-18H,1-12H3. The van der Waals surface area contributed by atoms with Gasteiger partial charge in [-0.25, -0.2) is 8.42 Å². The van der Waals surface area contributed by atoms with Crippen LogP contribution in [0.1, 0.15) is 83.5 Å². The third-order valence-electron chi connectivity index (χ3n) is 12.1. The fraction of sp³-hybridized carbons (Fsp3) is 0.317. The highest BCUT2D eigenvalue weighted by Crippen LogP contribution is 2.61. The van der Waals surface area contributed by atoms with Crippen molar-refractivity contribution in [2.45, 2.75) is 93.4 Å². The number of sulfone groups is 1. The molecule has 1 aliphatic carbocycles. The fourth-order valence-corrected chi connectivity index (χ4v) is 10.2. The quantitative estimate of drug-likeness (QED) is 0.174. The molecule has 0 fully saturated rings. The predicted octanol–water partition coefficient (Wildman–Crippen LogP) is 10.4. The summed E-state index contributed by atoms with van der Waals surface area (Å²) in [6, 6.07) is 5.94. The van der Waals surface area contributed by atoms with Crippen LogP contribution in [-0.2, 0) is 15.3 Å². The monoisotopic (exact) mass is 614 g/mol. The summed E-state index contributed by atoms with van der Waals surface area (Å²) in [5.74, 6) is 0. The average Bonchev–Trinajstić information content (AvgIpc) is 3.45. The topological polar surface area (TPSA) is 47.3 Å². The summed E-state index contributed by atoms with van der Waals surface area (Å²) in [5.41, 5.74) is 22.8. The number of furan rings is 1. The SMILES string of the molecule is Cc1c(C)c(C)c2c(c1C)-c1c(C)c(C)c(C)c(C)c1C1(C=CS(=O)(=O)c3c1ccc1ccoc31)c1c(C)c(C)c(C)c(C)c1-2. The van der Waals surface area contributed by atoms with Crippen molar-refractivity contribution in [3.8, 4) is 22.3 Å². The predicted molar refractivity (Wildman–Crippen MR) is 187 cm³/mol. The highest BCUT2D eigenvalue weighted by atomic mass is 32.2. The minimum atomic E-state index is -3.78. The van der Waals surface area contributed by atoms with Crippen molar-refractivity contribution < 1.29 is 12.8 Å². The molecule has 0 amide bonds. The second kappa shape index (κ2) is 9.33. The van der Waals surface area contributed by atoms with Crippen molar-refractivity contribution in [2.24, 2.45) is 0 Å². The Morgan fingerprint density at radius 2 is 0.933 bits per heavy atom. The summed E-state index contributed by atoms with van der Waals surface area (Å²) in [4.78, 5) is 0.279. The van der Waals surface area contributed by atoms with Gasteiger partial charge >= 0.3 is 0 Å². The van der Waals surface area contributed by atoms with Gasteiger partial charge in [-0.3, -0.25) is 0 Å².